The molecule has 0 saturated carbocycles. The molecule has 0 aromatic heterocycles. The number of hydrogen-bond acceptors (Lipinski definition) is 3. The summed E-state index contributed by atoms with van der Waals surface area (Å²) in [5.41, 5.74) is 0. The molecule has 1 aliphatic rings. The number of carbonyl (C=O) groups is 1. The summed E-state index contributed by atoms with van der Waals surface area (Å²) in [6, 6.07) is 6.05. The third-order valence-electron chi connectivity index (χ3n) is 4.04. The van der Waals surface area contributed by atoms with Gasteiger partial charge in [0.1, 0.15) is 11.6 Å². The van der Waals surface area contributed by atoms with Gasteiger partial charge in [0, 0.05) is 31.7 Å². The lowest BCUT2D eigenvalue weighted by Gasteiger charge is -2.33. The zero-order chi connectivity index (χ0) is 16.8. The fourth-order valence-electron chi connectivity index (χ4n) is 2.89. The average molecular weight is 322 g/mol. The van der Waals surface area contributed by atoms with Gasteiger partial charge in [0.15, 0.2) is 6.10 Å². The summed E-state index contributed by atoms with van der Waals surface area (Å²) in [6.07, 6.45) is 1.29. The molecule has 2 rings (SSSR count). The van der Waals surface area contributed by atoms with E-state index in [9.17, 15) is 9.18 Å². The van der Waals surface area contributed by atoms with Crippen molar-refractivity contribution in [2.24, 2.45) is 5.92 Å². The van der Waals surface area contributed by atoms with Gasteiger partial charge in [-0.15, -0.1) is 0 Å². The molecule has 0 aliphatic carbocycles. The number of carbonyl (C=O) groups excluding carboxylic acids is 1. The van der Waals surface area contributed by atoms with Crippen molar-refractivity contribution in [2.45, 2.75) is 45.8 Å². The molecule has 0 unspecified atom stereocenters. The molecule has 5 heteroatoms. The molecule has 1 fully saturated rings. The molecule has 0 bridgehead atoms. The third kappa shape index (κ3) is 5.82. The van der Waals surface area contributed by atoms with Crippen LogP contribution < -0.4 is 10.1 Å². The second-order valence-electron chi connectivity index (χ2n) is 6.69. The van der Waals surface area contributed by atoms with Crippen LogP contribution in [-0.4, -0.2) is 42.6 Å². The van der Waals surface area contributed by atoms with E-state index in [1.807, 2.05) is 0 Å². The van der Waals surface area contributed by atoms with Crippen LogP contribution in [0.1, 0.15) is 33.6 Å². The maximum atomic E-state index is 13.1. The molecular weight excluding hydrogens is 295 g/mol. The molecule has 1 amide bonds. The first-order chi connectivity index (χ1) is 10.9. The number of piperidine rings is 1. The van der Waals surface area contributed by atoms with Gasteiger partial charge >= 0.3 is 0 Å². The molecule has 1 saturated heterocycles. The van der Waals surface area contributed by atoms with Gasteiger partial charge < -0.3 is 15.0 Å². The summed E-state index contributed by atoms with van der Waals surface area (Å²) < 4.78 is 18.6. The Morgan fingerprint density at radius 2 is 2.04 bits per heavy atom. The van der Waals surface area contributed by atoms with Crippen molar-refractivity contribution in [1.82, 2.24) is 10.2 Å². The van der Waals surface area contributed by atoms with Crippen molar-refractivity contribution < 1.29 is 13.9 Å². The highest BCUT2D eigenvalue weighted by atomic mass is 19.1. The lowest BCUT2D eigenvalue weighted by molar-refractivity contribution is -0.128. The molecule has 23 heavy (non-hydrogen) atoms. The van der Waals surface area contributed by atoms with Gasteiger partial charge in [-0.1, -0.05) is 19.9 Å². The summed E-state index contributed by atoms with van der Waals surface area (Å²) >= 11 is 0. The van der Waals surface area contributed by atoms with E-state index in [1.54, 1.807) is 19.1 Å². The van der Waals surface area contributed by atoms with Gasteiger partial charge in [-0.3, -0.25) is 4.79 Å². The Morgan fingerprint density at radius 1 is 1.35 bits per heavy atom. The van der Waals surface area contributed by atoms with Crippen LogP contribution in [-0.2, 0) is 4.79 Å². The zero-order valence-electron chi connectivity index (χ0n) is 14.2. The Bertz CT molecular complexity index is 513. The largest absolute Gasteiger partial charge is 0.481 e. The van der Waals surface area contributed by atoms with Crippen LogP contribution in [0.3, 0.4) is 0 Å². The number of benzene rings is 1. The summed E-state index contributed by atoms with van der Waals surface area (Å²) in [7, 11) is 0. The van der Waals surface area contributed by atoms with E-state index in [0.29, 0.717) is 11.7 Å². The topological polar surface area (TPSA) is 41.6 Å². The number of amides is 1. The molecule has 0 spiro atoms. The van der Waals surface area contributed by atoms with E-state index < -0.39 is 6.10 Å². The molecule has 1 heterocycles. The first kappa shape index (κ1) is 17.7. The minimum absolute atomic E-state index is 0.142. The predicted octanol–water partition coefficient (Wildman–Crippen LogP) is 2.83. The zero-order valence-corrected chi connectivity index (χ0v) is 14.2. The summed E-state index contributed by atoms with van der Waals surface area (Å²) in [6.45, 7) is 9.27. The van der Waals surface area contributed by atoms with Crippen LogP contribution in [0.4, 0.5) is 4.39 Å². The third-order valence-corrected chi connectivity index (χ3v) is 4.04. The fourth-order valence-corrected chi connectivity index (χ4v) is 2.89. The Hall–Kier alpha value is -1.62. The number of halogens is 1. The Kier molecular flexibility index (Phi) is 6.39. The monoisotopic (exact) mass is 322 g/mol. The van der Waals surface area contributed by atoms with Gasteiger partial charge in [0.2, 0.25) is 0 Å². The van der Waals surface area contributed by atoms with Crippen molar-refractivity contribution in [1.29, 1.82) is 0 Å². The molecule has 1 atom stereocenters. The highest BCUT2D eigenvalue weighted by Crippen LogP contribution is 2.15. The number of likely N-dealkylation sites (tertiary alicyclic amines) is 1. The maximum Gasteiger partial charge on any atom is 0.260 e. The molecule has 0 radical (unpaired) electrons. The summed E-state index contributed by atoms with van der Waals surface area (Å²) in [5, 5.41) is 3.04. The van der Waals surface area contributed by atoms with E-state index >= 15 is 0 Å². The minimum Gasteiger partial charge on any atom is -0.481 e. The standard InChI is InChI=1S/C18H27FN2O2/c1-13(2)12-21-9-7-16(8-10-21)20-18(22)14(3)23-17-6-4-5-15(19)11-17/h4-6,11,13-14,16H,7-10,12H2,1-3H3,(H,20,22)/t14-/m0/s1. The lowest BCUT2D eigenvalue weighted by atomic mass is 10.0. The first-order valence-electron chi connectivity index (χ1n) is 8.39. The van der Waals surface area contributed by atoms with Crippen molar-refractivity contribution in [3.63, 3.8) is 0 Å². The summed E-state index contributed by atoms with van der Waals surface area (Å²) in [4.78, 5) is 14.7. The van der Waals surface area contributed by atoms with E-state index in [2.05, 4.69) is 24.1 Å². The quantitative estimate of drug-likeness (QED) is 0.876. The first-order valence-corrected chi connectivity index (χ1v) is 8.39. The smallest absolute Gasteiger partial charge is 0.260 e. The second-order valence-corrected chi connectivity index (χ2v) is 6.69. The van der Waals surface area contributed by atoms with Crippen LogP contribution in [0.2, 0.25) is 0 Å². The van der Waals surface area contributed by atoms with Crippen LogP contribution in [0, 0.1) is 11.7 Å². The number of nitrogens with zero attached hydrogens (tertiary/aromatic N) is 1. The molecule has 128 valence electrons. The van der Waals surface area contributed by atoms with Gasteiger partial charge in [-0.2, -0.15) is 0 Å². The van der Waals surface area contributed by atoms with Crippen LogP contribution >= 0.6 is 0 Å². The van der Waals surface area contributed by atoms with Crippen molar-refractivity contribution in [3.05, 3.63) is 30.1 Å². The summed E-state index contributed by atoms with van der Waals surface area (Å²) in [5.74, 6) is 0.532. The van der Waals surface area contributed by atoms with Crippen LogP contribution in [0.25, 0.3) is 0 Å². The number of rotatable bonds is 6. The molecule has 4 nitrogen and oxygen atoms in total. The fraction of sp³-hybridized carbons (Fsp3) is 0.611. The van der Waals surface area contributed by atoms with Crippen LogP contribution in [0.5, 0.6) is 5.75 Å². The Labute approximate surface area is 138 Å². The van der Waals surface area contributed by atoms with Crippen molar-refractivity contribution >= 4 is 5.91 Å². The van der Waals surface area contributed by atoms with Gasteiger partial charge in [0.25, 0.3) is 5.91 Å². The number of ether oxygens (including phenoxy) is 1. The minimum atomic E-state index is -0.634. The van der Waals surface area contributed by atoms with Crippen molar-refractivity contribution in [2.75, 3.05) is 19.6 Å². The van der Waals surface area contributed by atoms with Crippen molar-refractivity contribution in [3.8, 4) is 5.75 Å². The van der Waals surface area contributed by atoms with E-state index in [4.69, 9.17) is 4.74 Å². The van der Waals surface area contributed by atoms with E-state index in [-0.39, 0.29) is 17.8 Å². The molecule has 1 aromatic carbocycles. The lowest BCUT2D eigenvalue weighted by Crippen LogP contribution is -2.48. The highest BCUT2D eigenvalue weighted by molar-refractivity contribution is 5.81. The number of nitrogens with one attached hydrogen (secondary N) is 1. The SMILES string of the molecule is CC(C)CN1CCC(NC(=O)[C@H](C)Oc2cccc(F)c2)CC1. The van der Waals surface area contributed by atoms with Gasteiger partial charge in [-0.05, 0) is 37.8 Å². The van der Waals surface area contributed by atoms with Crippen LogP contribution in [0.15, 0.2) is 24.3 Å². The Morgan fingerprint density at radius 3 is 2.65 bits per heavy atom. The average Bonchev–Trinajstić information content (AvgIpc) is 2.48. The Balaban J connectivity index is 1.76. The van der Waals surface area contributed by atoms with Gasteiger partial charge in [0.05, 0.1) is 0 Å². The molecular formula is C18H27FN2O2. The molecule has 1 aliphatic heterocycles. The van der Waals surface area contributed by atoms with E-state index in [1.165, 1.54) is 12.1 Å². The number of hydrogen-bond donors (Lipinski definition) is 1. The predicted molar refractivity (Wildman–Crippen MR) is 88.9 cm³/mol. The second kappa shape index (κ2) is 8.29. The maximum absolute atomic E-state index is 13.1. The molecule has 1 aromatic rings. The molecule has 1 N–H and O–H groups in total. The highest BCUT2D eigenvalue weighted by Gasteiger charge is 2.23. The normalized spacial score (nSPS) is 18.0. The van der Waals surface area contributed by atoms with Gasteiger partial charge in [-0.25, -0.2) is 4.39 Å². The van der Waals surface area contributed by atoms with E-state index in [0.717, 1.165) is 32.5 Å².